The number of hydrogen-bond donors (Lipinski definition) is 0. The third-order valence-electron chi connectivity index (χ3n) is 2.86. The Hall–Kier alpha value is -1.75. The third kappa shape index (κ3) is 3.04. The summed E-state index contributed by atoms with van der Waals surface area (Å²) in [5.41, 5.74) is 0.437. The van der Waals surface area contributed by atoms with Gasteiger partial charge in [0.1, 0.15) is 17.4 Å². The van der Waals surface area contributed by atoms with E-state index in [1.54, 1.807) is 6.07 Å². The highest BCUT2D eigenvalue weighted by atomic mass is 79.9. The van der Waals surface area contributed by atoms with Gasteiger partial charge in [-0.25, -0.2) is 8.78 Å². The number of Topliss-reactive ketones (excluding diaryl/α,β-unsaturated/α-hetero) is 1. The molecule has 2 nitrogen and oxygen atoms in total. The third-order valence-corrected chi connectivity index (χ3v) is 3.75. The number of ketones is 1. The largest absolute Gasteiger partial charge is 0.497 e. The maximum atomic E-state index is 13.8. The molecule has 0 fully saturated rings. The van der Waals surface area contributed by atoms with E-state index in [0.29, 0.717) is 11.3 Å². The molecule has 0 radical (unpaired) electrons. The molecule has 0 amide bonds. The molecule has 104 valence electrons. The van der Waals surface area contributed by atoms with Crippen LogP contribution in [0.3, 0.4) is 0 Å². The molecule has 5 heteroatoms. The summed E-state index contributed by atoms with van der Waals surface area (Å²) in [5, 5.41) is 0. The topological polar surface area (TPSA) is 26.3 Å². The lowest BCUT2D eigenvalue weighted by molar-refractivity contribution is 0.0989. The molecule has 20 heavy (non-hydrogen) atoms. The van der Waals surface area contributed by atoms with Crippen LogP contribution in [0.4, 0.5) is 8.78 Å². The lowest BCUT2D eigenvalue weighted by atomic mass is 10.0. The minimum absolute atomic E-state index is 0.0399. The molecule has 0 aliphatic heterocycles. The standard InChI is InChI=1S/C15H11BrF2O2/c1-20-10-5-6-11(13(18)8-10)14(19)7-9-3-2-4-12(17)15(9)16/h2-6,8H,7H2,1H3. The predicted octanol–water partition coefficient (Wildman–Crippen LogP) is 4.16. The van der Waals surface area contributed by atoms with E-state index in [4.69, 9.17) is 4.74 Å². The average Bonchev–Trinajstić information content (AvgIpc) is 2.43. The van der Waals surface area contributed by atoms with Crippen LogP contribution in [0, 0.1) is 11.6 Å². The van der Waals surface area contributed by atoms with Crippen LogP contribution < -0.4 is 4.74 Å². The Balaban J connectivity index is 2.26. The highest BCUT2D eigenvalue weighted by Gasteiger charge is 2.15. The van der Waals surface area contributed by atoms with Crippen molar-refractivity contribution in [2.24, 2.45) is 0 Å². The lowest BCUT2D eigenvalue weighted by Crippen LogP contribution is -2.07. The van der Waals surface area contributed by atoms with Gasteiger partial charge in [-0.15, -0.1) is 0 Å². The number of benzene rings is 2. The molecule has 0 heterocycles. The minimum Gasteiger partial charge on any atom is -0.497 e. The molecule has 0 aliphatic rings. The Bertz CT molecular complexity index is 656. The quantitative estimate of drug-likeness (QED) is 0.781. The molecule has 0 atom stereocenters. The molecule has 0 bridgehead atoms. The van der Waals surface area contributed by atoms with Crippen LogP contribution in [0.1, 0.15) is 15.9 Å². The number of hydrogen-bond acceptors (Lipinski definition) is 2. The number of carbonyl (C=O) groups excluding carboxylic acids is 1. The van der Waals surface area contributed by atoms with Gasteiger partial charge in [-0.3, -0.25) is 4.79 Å². The predicted molar refractivity (Wildman–Crippen MR) is 75.1 cm³/mol. The van der Waals surface area contributed by atoms with Gasteiger partial charge in [0, 0.05) is 12.5 Å². The summed E-state index contributed by atoms with van der Waals surface area (Å²) in [5.74, 6) is -1.19. The van der Waals surface area contributed by atoms with Crippen molar-refractivity contribution in [3.63, 3.8) is 0 Å². The van der Waals surface area contributed by atoms with Gasteiger partial charge in [-0.05, 0) is 39.7 Å². The second-order valence-electron chi connectivity index (χ2n) is 4.16. The summed E-state index contributed by atoms with van der Waals surface area (Å²) < 4.78 is 32.2. The first-order chi connectivity index (χ1) is 9.52. The normalized spacial score (nSPS) is 10.4. The van der Waals surface area contributed by atoms with Crippen molar-refractivity contribution in [3.05, 3.63) is 63.6 Å². The molecule has 0 spiro atoms. The van der Waals surface area contributed by atoms with Crippen molar-refractivity contribution in [1.29, 1.82) is 0 Å². The van der Waals surface area contributed by atoms with E-state index in [1.165, 1.54) is 31.4 Å². The molecule has 2 aromatic rings. The summed E-state index contributed by atoms with van der Waals surface area (Å²) in [6.07, 6.45) is -0.0818. The first-order valence-corrected chi connectivity index (χ1v) is 6.62. The van der Waals surface area contributed by atoms with Crippen LogP contribution in [0.15, 0.2) is 40.9 Å². The maximum Gasteiger partial charge on any atom is 0.170 e. The van der Waals surface area contributed by atoms with Crippen molar-refractivity contribution >= 4 is 21.7 Å². The van der Waals surface area contributed by atoms with Gasteiger partial charge in [-0.2, -0.15) is 0 Å². The smallest absolute Gasteiger partial charge is 0.170 e. The van der Waals surface area contributed by atoms with E-state index < -0.39 is 17.4 Å². The Morgan fingerprint density at radius 1 is 1.20 bits per heavy atom. The van der Waals surface area contributed by atoms with E-state index >= 15 is 0 Å². The lowest BCUT2D eigenvalue weighted by Gasteiger charge is -2.07. The summed E-state index contributed by atoms with van der Waals surface area (Å²) in [4.78, 5) is 12.1. The van der Waals surface area contributed by atoms with Crippen LogP contribution in [0.5, 0.6) is 5.75 Å². The Labute approximate surface area is 123 Å². The zero-order valence-electron chi connectivity index (χ0n) is 10.6. The second kappa shape index (κ2) is 6.13. The number of rotatable bonds is 4. The fourth-order valence-electron chi connectivity index (χ4n) is 1.80. The van der Waals surface area contributed by atoms with E-state index in [2.05, 4.69) is 15.9 Å². The van der Waals surface area contributed by atoms with Crippen LogP contribution in [0.25, 0.3) is 0 Å². The van der Waals surface area contributed by atoms with Crippen LogP contribution >= 0.6 is 15.9 Å². The summed E-state index contributed by atoms with van der Waals surface area (Å²) in [6, 6.07) is 8.43. The van der Waals surface area contributed by atoms with Gasteiger partial charge in [0.25, 0.3) is 0 Å². The van der Waals surface area contributed by atoms with Gasteiger partial charge >= 0.3 is 0 Å². The average molecular weight is 341 g/mol. The van der Waals surface area contributed by atoms with Crippen LogP contribution in [-0.4, -0.2) is 12.9 Å². The molecule has 0 saturated carbocycles. The molecule has 0 N–H and O–H groups in total. The van der Waals surface area contributed by atoms with Crippen molar-refractivity contribution in [1.82, 2.24) is 0 Å². The Morgan fingerprint density at radius 3 is 2.60 bits per heavy atom. The number of ether oxygens (including phenoxy) is 1. The fraction of sp³-hybridized carbons (Fsp3) is 0.133. The highest BCUT2D eigenvalue weighted by molar-refractivity contribution is 9.10. The second-order valence-corrected chi connectivity index (χ2v) is 4.95. The maximum absolute atomic E-state index is 13.8. The van der Waals surface area contributed by atoms with Crippen LogP contribution in [0.2, 0.25) is 0 Å². The summed E-state index contributed by atoms with van der Waals surface area (Å²) >= 11 is 3.08. The highest BCUT2D eigenvalue weighted by Crippen LogP contribution is 2.23. The Morgan fingerprint density at radius 2 is 1.95 bits per heavy atom. The molecule has 0 unspecified atom stereocenters. The zero-order valence-corrected chi connectivity index (χ0v) is 12.2. The molecule has 0 aliphatic carbocycles. The molecule has 2 aromatic carbocycles. The van der Waals surface area contributed by atoms with E-state index in [0.717, 1.165) is 6.07 Å². The molecule has 2 rings (SSSR count). The monoisotopic (exact) mass is 340 g/mol. The number of halogens is 3. The SMILES string of the molecule is COc1ccc(C(=O)Cc2cccc(F)c2Br)c(F)c1. The summed E-state index contributed by atoms with van der Waals surface area (Å²) in [7, 11) is 1.42. The van der Waals surface area contributed by atoms with Gasteiger partial charge in [0.15, 0.2) is 5.78 Å². The molecule has 0 aromatic heterocycles. The van der Waals surface area contributed by atoms with Gasteiger partial charge in [0.05, 0.1) is 17.1 Å². The first kappa shape index (κ1) is 14.7. The fourth-order valence-corrected chi connectivity index (χ4v) is 2.21. The van der Waals surface area contributed by atoms with Crippen LogP contribution in [-0.2, 0) is 6.42 Å². The molecular weight excluding hydrogens is 330 g/mol. The van der Waals surface area contributed by atoms with Gasteiger partial charge < -0.3 is 4.74 Å². The Kier molecular flexibility index (Phi) is 4.49. The van der Waals surface area contributed by atoms with Gasteiger partial charge in [0.2, 0.25) is 0 Å². The van der Waals surface area contributed by atoms with E-state index in [9.17, 15) is 13.6 Å². The van der Waals surface area contributed by atoms with Gasteiger partial charge in [-0.1, -0.05) is 12.1 Å². The van der Waals surface area contributed by atoms with Crippen molar-refractivity contribution in [2.75, 3.05) is 7.11 Å². The van der Waals surface area contributed by atoms with Crippen molar-refractivity contribution in [2.45, 2.75) is 6.42 Å². The number of carbonyl (C=O) groups is 1. The van der Waals surface area contributed by atoms with E-state index in [-0.39, 0.29) is 16.5 Å². The first-order valence-electron chi connectivity index (χ1n) is 5.82. The molecular formula is C15H11BrF2O2. The minimum atomic E-state index is -0.651. The van der Waals surface area contributed by atoms with Crippen molar-refractivity contribution < 1.29 is 18.3 Å². The summed E-state index contributed by atoms with van der Waals surface area (Å²) in [6.45, 7) is 0. The molecule has 0 saturated heterocycles. The number of methoxy groups -OCH3 is 1. The van der Waals surface area contributed by atoms with E-state index in [1.807, 2.05) is 0 Å². The van der Waals surface area contributed by atoms with Crippen molar-refractivity contribution in [3.8, 4) is 5.75 Å². The zero-order chi connectivity index (χ0) is 14.7.